The van der Waals surface area contributed by atoms with Crippen LogP contribution < -0.4 is 5.73 Å². The molecule has 0 saturated heterocycles. The third-order valence-electron chi connectivity index (χ3n) is 3.93. The largest absolute Gasteiger partial charge is 0.399 e. The van der Waals surface area contributed by atoms with E-state index in [1.54, 1.807) is 0 Å². The first-order valence-corrected chi connectivity index (χ1v) is 7.47. The number of likely N-dealkylation sites (N-methyl/N-ethyl adjacent to an activating group) is 1. The summed E-state index contributed by atoms with van der Waals surface area (Å²) < 4.78 is 0. The fraction of sp³-hybridized carbons (Fsp3) is 0.368. The standard InChI is InChI=1S/C19H26N2/c1-15-5-7-16(8-6-15)13-21(4)14-19(2,3)17-9-11-18(20)12-10-17/h5-12H,13-14,20H2,1-4H3. The summed E-state index contributed by atoms with van der Waals surface area (Å²) in [7, 11) is 2.18. The van der Waals surface area contributed by atoms with E-state index in [1.165, 1.54) is 16.7 Å². The van der Waals surface area contributed by atoms with Gasteiger partial charge in [0, 0.05) is 24.2 Å². The van der Waals surface area contributed by atoms with E-state index in [1.807, 2.05) is 12.1 Å². The third kappa shape index (κ3) is 4.33. The second kappa shape index (κ2) is 6.31. The lowest BCUT2D eigenvalue weighted by Gasteiger charge is -2.31. The molecule has 0 fully saturated rings. The van der Waals surface area contributed by atoms with E-state index in [0.29, 0.717) is 0 Å². The van der Waals surface area contributed by atoms with Gasteiger partial charge in [0.05, 0.1) is 0 Å². The Morgan fingerprint density at radius 3 is 2.10 bits per heavy atom. The Balaban J connectivity index is 2.01. The third-order valence-corrected chi connectivity index (χ3v) is 3.93. The van der Waals surface area contributed by atoms with Crippen LogP contribution in [-0.4, -0.2) is 18.5 Å². The van der Waals surface area contributed by atoms with Crippen molar-refractivity contribution in [2.75, 3.05) is 19.3 Å². The summed E-state index contributed by atoms with van der Waals surface area (Å²) in [6.45, 7) is 8.66. The van der Waals surface area contributed by atoms with E-state index in [2.05, 4.69) is 69.1 Å². The van der Waals surface area contributed by atoms with Crippen LogP contribution in [0.4, 0.5) is 5.69 Å². The second-order valence-electron chi connectivity index (χ2n) is 6.66. The molecule has 0 aliphatic heterocycles. The maximum absolute atomic E-state index is 5.78. The van der Waals surface area contributed by atoms with Gasteiger partial charge in [-0.25, -0.2) is 0 Å². The molecule has 0 unspecified atom stereocenters. The summed E-state index contributed by atoms with van der Waals surface area (Å²) in [6, 6.07) is 17.0. The number of rotatable bonds is 5. The second-order valence-corrected chi connectivity index (χ2v) is 6.66. The summed E-state index contributed by atoms with van der Waals surface area (Å²) in [5.74, 6) is 0. The number of benzene rings is 2. The number of anilines is 1. The highest BCUT2D eigenvalue weighted by Gasteiger charge is 2.22. The Labute approximate surface area is 128 Å². The summed E-state index contributed by atoms with van der Waals surface area (Å²) in [5, 5.41) is 0. The number of hydrogen-bond acceptors (Lipinski definition) is 2. The average molecular weight is 282 g/mol. The quantitative estimate of drug-likeness (QED) is 0.840. The summed E-state index contributed by atoms with van der Waals surface area (Å²) in [4.78, 5) is 2.38. The Morgan fingerprint density at radius 2 is 1.52 bits per heavy atom. The Hall–Kier alpha value is -1.80. The van der Waals surface area contributed by atoms with Crippen molar-refractivity contribution in [2.45, 2.75) is 32.7 Å². The molecule has 0 saturated carbocycles. The first-order chi connectivity index (χ1) is 9.87. The zero-order valence-electron chi connectivity index (χ0n) is 13.6. The molecule has 0 aliphatic carbocycles. The molecule has 2 heteroatoms. The molecule has 0 radical (unpaired) electrons. The van der Waals surface area contributed by atoms with Gasteiger partial charge in [0.25, 0.3) is 0 Å². The van der Waals surface area contributed by atoms with E-state index < -0.39 is 0 Å². The molecule has 0 spiro atoms. The van der Waals surface area contributed by atoms with Gasteiger partial charge in [-0.05, 0) is 37.2 Å². The monoisotopic (exact) mass is 282 g/mol. The summed E-state index contributed by atoms with van der Waals surface area (Å²) >= 11 is 0. The molecule has 0 atom stereocenters. The van der Waals surface area contributed by atoms with E-state index >= 15 is 0 Å². The van der Waals surface area contributed by atoms with Crippen LogP contribution in [0, 0.1) is 6.92 Å². The number of aryl methyl sites for hydroxylation is 1. The number of nitrogens with two attached hydrogens (primary N) is 1. The Morgan fingerprint density at radius 1 is 0.952 bits per heavy atom. The highest BCUT2D eigenvalue weighted by Crippen LogP contribution is 2.25. The van der Waals surface area contributed by atoms with Crippen molar-refractivity contribution >= 4 is 5.69 Å². The lowest BCUT2D eigenvalue weighted by atomic mass is 9.84. The van der Waals surface area contributed by atoms with Gasteiger partial charge >= 0.3 is 0 Å². The number of nitrogens with zero attached hydrogens (tertiary/aromatic N) is 1. The van der Waals surface area contributed by atoms with Crippen LogP contribution in [0.1, 0.15) is 30.5 Å². The average Bonchev–Trinajstić information content (AvgIpc) is 2.41. The minimum Gasteiger partial charge on any atom is -0.399 e. The summed E-state index contributed by atoms with van der Waals surface area (Å²) in [6.07, 6.45) is 0. The van der Waals surface area contributed by atoms with E-state index in [-0.39, 0.29) is 5.41 Å². The van der Waals surface area contributed by atoms with Crippen LogP contribution in [0.5, 0.6) is 0 Å². The fourth-order valence-electron chi connectivity index (χ4n) is 2.76. The van der Waals surface area contributed by atoms with Crippen molar-refractivity contribution in [2.24, 2.45) is 0 Å². The van der Waals surface area contributed by atoms with Crippen molar-refractivity contribution in [3.63, 3.8) is 0 Å². The Bertz CT molecular complexity index is 568. The zero-order valence-corrected chi connectivity index (χ0v) is 13.6. The molecule has 0 aliphatic rings. The van der Waals surface area contributed by atoms with Crippen molar-refractivity contribution in [3.05, 3.63) is 65.2 Å². The van der Waals surface area contributed by atoms with Crippen molar-refractivity contribution < 1.29 is 0 Å². The molecule has 0 bridgehead atoms. The van der Waals surface area contributed by atoms with Crippen LogP contribution in [0.25, 0.3) is 0 Å². The van der Waals surface area contributed by atoms with Crippen molar-refractivity contribution in [3.8, 4) is 0 Å². The van der Waals surface area contributed by atoms with Gasteiger partial charge in [-0.3, -0.25) is 0 Å². The molecule has 0 heterocycles. The topological polar surface area (TPSA) is 29.3 Å². The van der Waals surface area contributed by atoms with Crippen LogP contribution in [0.2, 0.25) is 0 Å². The van der Waals surface area contributed by atoms with Crippen LogP contribution >= 0.6 is 0 Å². The van der Waals surface area contributed by atoms with Gasteiger partial charge in [0.1, 0.15) is 0 Å². The predicted molar refractivity (Wildman–Crippen MR) is 91.4 cm³/mol. The Kier molecular flexibility index (Phi) is 4.69. The molecule has 2 aromatic carbocycles. The predicted octanol–water partition coefficient (Wildman–Crippen LogP) is 3.99. The van der Waals surface area contributed by atoms with Gasteiger partial charge in [-0.1, -0.05) is 55.8 Å². The highest BCUT2D eigenvalue weighted by molar-refractivity contribution is 5.41. The van der Waals surface area contributed by atoms with Crippen LogP contribution in [-0.2, 0) is 12.0 Å². The minimum atomic E-state index is 0.104. The fourth-order valence-corrected chi connectivity index (χ4v) is 2.76. The van der Waals surface area contributed by atoms with E-state index in [4.69, 9.17) is 5.73 Å². The first kappa shape index (κ1) is 15.6. The summed E-state index contributed by atoms with van der Waals surface area (Å²) in [5.41, 5.74) is 10.7. The molecule has 2 aromatic rings. The first-order valence-electron chi connectivity index (χ1n) is 7.47. The normalized spacial score (nSPS) is 11.9. The lowest BCUT2D eigenvalue weighted by Crippen LogP contribution is -2.34. The van der Waals surface area contributed by atoms with Crippen molar-refractivity contribution in [1.82, 2.24) is 4.90 Å². The smallest absolute Gasteiger partial charge is 0.0314 e. The lowest BCUT2D eigenvalue weighted by molar-refractivity contribution is 0.261. The van der Waals surface area contributed by atoms with Crippen LogP contribution in [0.15, 0.2) is 48.5 Å². The van der Waals surface area contributed by atoms with Gasteiger partial charge in [-0.15, -0.1) is 0 Å². The van der Waals surface area contributed by atoms with Crippen molar-refractivity contribution in [1.29, 1.82) is 0 Å². The molecule has 112 valence electrons. The molecule has 21 heavy (non-hydrogen) atoms. The minimum absolute atomic E-state index is 0.104. The van der Waals surface area contributed by atoms with E-state index in [0.717, 1.165) is 18.8 Å². The molecule has 2 rings (SSSR count). The maximum Gasteiger partial charge on any atom is 0.0314 e. The number of nitrogen functional groups attached to an aromatic ring is 1. The maximum atomic E-state index is 5.78. The van der Waals surface area contributed by atoms with Gasteiger partial charge < -0.3 is 10.6 Å². The zero-order chi connectivity index (χ0) is 15.5. The molecule has 2 nitrogen and oxygen atoms in total. The molecular formula is C19H26N2. The molecule has 0 aromatic heterocycles. The van der Waals surface area contributed by atoms with Gasteiger partial charge in [0.2, 0.25) is 0 Å². The SMILES string of the molecule is Cc1ccc(CN(C)CC(C)(C)c2ccc(N)cc2)cc1. The van der Waals surface area contributed by atoms with Gasteiger partial charge in [0.15, 0.2) is 0 Å². The molecule has 2 N–H and O–H groups in total. The molecular weight excluding hydrogens is 256 g/mol. The van der Waals surface area contributed by atoms with E-state index in [9.17, 15) is 0 Å². The van der Waals surface area contributed by atoms with Gasteiger partial charge in [-0.2, -0.15) is 0 Å². The number of hydrogen-bond donors (Lipinski definition) is 1. The van der Waals surface area contributed by atoms with Crippen LogP contribution in [0.3, 0.4) is 0 Å². The highest BCUT2D eigenvalue weighted by atomic mass is 15.1. The molecule has 0 amide bonds.